The van der Waals surface area contributed by atoms with Gasteiger partial charge in [-0.2, -0.15) is 0 Å². The Kier molecular flexibility index (Phi) is 4.67. The number of rotatable bonds is 3. The van der Waals surface area contributed by atoms with Crippen molar-refractivity contribution in [3.05, 3.63) is 111 Å². The Labute approximate surface area is 183 Å². The summed E-state index contributed by atoms with van der Waals surface area (Å²) in [6.07, 6.45) is 1.39. The smallest absolute Gasteiger partial charge is 0.279 e. The van der Waals surface area contributed by atoms with E-state index in [9.17, 15) is 14.4 Å². The molecule has 5 rings (SSSR count). The van der Waals surface area contributed by atoms with Crippen molar-refractivity contribution < 1.29 is 9.59 Å². The number of aryl methyl sites for hydroxylation is 1. The van der Waals surface area contributed by atoms with Crippen LogP contribution in [0.2, 0.25) is 0 Å². The third-order valence-corrected chi connectivity index (χ3v) is 5.54. The number of fused-ring (bicyclic) bond motifs is 1. The first-order chi connectivity index (χ1) is 15.5. The molecule has 2 heterocycles. The Bertz CT molecular complexity index is 1440. The fraction of sp³-hybridized carbons (Fsp3) is 0.0385. The summed E-state index contributed by atoms with van der Waals surface area (Å²) in [5, 5.41) is 5.95. The molecule has 0 bridgehead atoms. The maximum Gasteiger partial charge on any atom is 0.279 e. The molecule has 1 aliphatic rings. The number of benzene rings is 3. The highest BCUT2D eigenvalue weighted by atomic mass is 16.2. The highest BCUT2D eigenvalue weighted by Gasteiger charge is 2.30. The quantitative estimate of drug-likeness (QED) is 0.381. The summed E-state index contributed by atoms with van der Waals surface area (Å²) in [7, 11) is 0. The summed E-state index contributed by atoms with van der Waals surface area (Å²) in [6.45, 7) is 1.83. The molecule has 0 unspecified atom stereocenters. The predicted molar refractivity (Wildman–Crippen MR) is 124 cm³/mol. The molecule has 6 heteroatoms. The zero-order valence-corrected chi connectivity index (χ0v) is 17.3. The van der Waals surface area contributed by atoms with Gasteiger partial charge >= 0.3 is 0 Å². The molecule has 156 valence electrons. The minimum Gasteiger partial charge on any atom is -0.321 e. The molecule has 6 nitrogen and oxygen atoms in total. The Morgan fingerprint density at radius 1 is 0.812 bits per heavy atom. The summed E-state index contributed by atoms with van der Waals surface area (Å²) in [4.78, 5) is 39.4. The largest absolute Gasteiger partial charge is 0.321 e. The Morgan fingerprint density at radius 2 is 1.50 bits per heavy atom. The predicted octanol–water partition coefficient (Wildman–Crippen LogP) is 4.36. The molecule has 0 aliphatic carbocycles. The number of hydrogen-bond acceptors (Lipinski definition) is 3. The van der Waals surface area contributed by atoms with Crippen molar-refractivity contribution in [3.63, 3.8) is 0 Å². The van der Waals surface area contributed by atoms with Crippen LogP contribution in [0.3, 0.4) is 0 Å². The topological polar surface area (TPSA) is 84.0 Å². The monoisotopic (exact) mass is 421 g/mol. The van der Waals surface area contributed by atoms with E-state index in [0.29, 0.717) is 22.6 Å². The number of amides is 1. The molecule has 0 saturated heterocycles. The van der Waals surface area contributed by atoms with Crippen molar-refractivity contribution in [2.45, 2.75) is 6.92 Å². The number of ketones is 1. The van der Waals surface area contributed by atoms with Gasteiger partial charge in [0.25, 0.3) is 11.5 Å². The SMILES string of the molecule is Cc1cccc2c1NC(=O)C(=Cc1c(-c3ccccc3)[nH]n(-c3ccccc3)c1=O)C2=O. The fourth-order valence-electron chi connectivity index (χ4n) is 3.90. The molecule has 0 saturated carbocycles. The maximum absolute atomic E-state index is 13.4. The summed E-state index contributed by atoms with van der Waals surface area (Å²) in [6, 6.07) is 23.8. The third-order valence-electron chi connectivity index (χ3n) is 5.54. The molecule has 1 amide bonds. The van der Waals surface area contributed by atoms with E-state index in [0.717, 1.165) is 11.1 Å². The lowest BCUT2D eigenvalue weighted by Gasteiger charge is -2.19. The van der Waals surface area contributed by atoms with Crippen molar-refractivity contribution in [2.75, 3.05) is 5.32 Å². The number of aromatic nitrogens is 2. The summed E-state index contributed by atoms with van der Waals surface area (Å²) < 4.78 is 1.41. The van der Waals surface area contributed by atoms with E-state index in [1.807, 2.05) is 61.5 Å². The molecule has 0 fully saturated rings. The molecule has 2 N–H and O–H groups in total. The minimum absolute atomic E-state index is 0.0726. The molecule has 1 aliphatic heterocycles. The van der Waals surface area contributed by atoms with Crippen molar-refractivity contribution in [3.8, 4) is 16.9 Å². The van der Waals surface area contributed by atoms with Crippen molar-refractivity contribution in [2.24, 2.45) is 0 Å². The first kappa shape index (κ1) is 19.5. The van der Waals surface area contributed by atoms with E-state index in [4.69, 9.17) is 0 Å². The number of H-pyrrole nitrogens is 1. The number of aromatic amines is 1. The number of carbonyl (C=O) groups is 2. The molecule has 0 spiro atoms. The normalized spacial score (nSPS) is 14.3. The van der Waals surface area contributed by atoms with Crippen LogP contribution in [0.5, 0.6) is 0 Å². The van der Waals surface area contributed by atoms with Gasteiger partial charge in [0, 0.05) is 11.1 Å². The highest BCUT2D eigenvalue weighted by Crippen LogP contribution is 2.30. The van der Waals surface area contributed by atoms with Crippen molar-refractivity contribution >= 4 is 23.5 Å². The lowest BCUT2D eigenvalue weighted by atomic mass is 9.93. The lowest BCUT2D eigenvalue weighted by molar-refractivity contribution is -0.112. The van der Waals surface area contributed by atoms with Gasteiger partial charge in [-0.1, -0.05) is 60.7 Å². The third kappa shape index (κ3) is 3.18. The molecular weight excluding hydrogens is 402 g/mol. The highest BCUT2D eigenvalue weighted by molar-refractivity contribution is 6.36. The molecule has 32 heavy (non-hydrogen) atoms. The van der Waals surface area contributed by atoms with E-state index < -0.39 is 11.7 Å². The Hall–Kier alpha value is -4.45. The number of nitrogens with zero attached hydrogens (tertiary/aromatic N) is 1. The molecule has 0 radical (unpaired) electrons. The standard InChI is InChI=1S/C26H19N3O3/c1-16-9-8-14-19-22(16)27-25(31)21(24(19)30)15-20-23(17-10-4-2-5-11-17)28-29(26(20)32)18-12-6-3-7-13-18/h2-15,28H,1H3,(H,27,31). The second kappa shape index (κ2) is 7.67. The van der Waals surface area contributed by atoms with E-state index in [2.05, 4.69) is 10.4 Å². The number of hydrogen-bond donors (Lipinski definition) is 2. The van der Waals surface area contributed by atoms with E-state index in [1.165, 1.54) is 10.8 Å². The van der Waals surface area contributed by atoms with Crippen LogP contribution in [0.15, 0.2) is 89.2 Å². The summed E-state index contributed by atoms with van der Waals surface area (Å²) in [5.74, 6) is -0.930. The van der Waals surface area contributed by atoms with Gasteiger partial charge in [-0.3, -0.25) is 19.5 Å². The van der Waals surface area contributed by atoms with Gasteiger partial charge in [0.2, 0.25) is 5.78 Å². The van der Waals surface area contributed by atoms with Gasteiger partial charge in [-0.25, -0.2) is 4.68 Å². The van der Waals surface area contributed by atoms with Crippen LogP contribution in [-0.4, -0.2) is 21.5 Å². The van der Waals surface area contributed by atoms with Gasteiger partial charge in [-0.05, 0) is 36.8 Å². The lowest BCUT2D eigenvalue weighted by Crippen LogP contribution is -2.28. The second-order valence-corrected chi connectivity index (χ2v) is 7.58. The van der Waals surface area contributed by atoms with Crippen LogP contribution in [0.25, 0.3) is 23.0 Å². The number of para-hydroxylation sites is 2. The van der Waals surface area contributed by atoms with Crippen molar-refractivity contribution in [1.29, 1.82) is 0 Å². The first-order valence-corrected chi connectivity index (χ1v) is 10.2. The fourth-order valence-corrected chi connectivity index (χ4v) is 3.90. The van der Waals surface area contributed by atoms with Gasteiger partial charge in [0.15, 0.2) is 0 Å². The van der Waals surface area contributed by atoms with Gasteiger partial charge in [0.1, 0.15) is 0 Å². The number of carbonyl (C=O) groups excluding carboxylic acids is 2. The molecular formula is C26H19N3O3. The zero-order chi connectivity index (χ0) is 22.2. The molecule has 4 aromatic rings. The minimum atomic E-state index is -0.525. The summed E-state index contributed by atoms with van der Waals surface area (Å²) in [5.41, 5.74) is 3.51. The number of anilines is 1. The first-order valence-electron chi connectivity index (χ1n) is 10.2. The average Bonchev–Trinajstić information content (AvgIpc) is 3.14. The van der Waals surface area contributed by atoms with Gasteiger partial charge < -0.3 is 5.32 Å². The van der Waals surface area contributed by atoms with Crippen LogP contribution in [0.4, 0.5) is 5.69 Å². The van der Waals surface area contributed by atoms with Crippen molar-refractivity contribution in [1.82, 2.24) is 9.78 Å². The average molecular weight is 421 g/mol. The van der Waals surface area contributed by atoms with Gasteiger partial charge in [-0.15, -0.1) is 0 Å². The maximum atomic E-state index is 13.4. The van der Waals surface area contributed by atoms with Gasteiger partial charge in [0.05, 0.1) is 28.2 Å². The summed E-state index contributed by atoms with van der Waals surface area (Å²) >= 11 is 0. The molecule has 0 atom stereocenters. The van der Waals surface area contributed by atoms with Crippen LogP contribution in [0, 0.1) is 6.92 Å². The van der Waals surface area contributed by atoms with E-state index in [-0.39, 0.29) is 16.7 Å². The van der Waals surface area contributed by atoms with Crippen LogP contribution in [-0.2, 0) is 4.79 Å². The zero-order valence-electron chi connectivity index (χ0n) is 17.3. The van der Waals surface area contributed by atoms with Crippen LogP contribution in [0.1, 0.15) is 21.5 Å². The van der Waals surface area contributed by atoms with Crippen LogP contribution < -0.4 is 10.9 Å². The Balaban J connectivity index is 1.72. The molecule has 1 aromatic heterocycles. The van der Waals surface area contributed by atoms with E-state index >= 15 is 0 Å². The second-order valence-electron chi connectivity index (χ2n) is 7.58. The molecule has 3 aromatic carbocycles. The Morgan fingerprint density at radius 3 is 2.22 bits per heavy atom. The number of Topliss-reactive ketones (excluding diaryl/α,β-unsaturated/α-hetero) is 1. The van der Waals surface area contributed by atoms with Crippen LogP contribution >= 0.6 is 0 Å². The number of nitrogens with one attached hydrogen (secondary N) is 2. The van der Waals surface area contributed by atoms with E-state index in [1.54, 1.807) is 24.3 Å².